The molecule has 2 atom stereocenters. The lowest BCUT2D eigenvalue weighted by Crippen LogP contribution is -2.20. The summed E-state index contributed by atoms with van der Waals surface area (Å²) in [5.41, 5.74) is 0. The minimum atomic E-state index is 0.529. The van der Waals surface area contributed by atoms with Crippen molar-refractivity contribution >= 4 is 15.9 Å². The standard InChI is InChI=1S/C12H19Br/c1-2-6-11-9-12(11,13)10-7-4-3-5-8-10/h2,10-11H,1,3-9H2. The molecule has 2 rings (SSSR count). The van der Waals surface area contributed by atoms with Gasteiger partial charge in [-0.2, -0.15) is 0 Å². The Balaban J connectivity index is 1.89. The molecule has 2 aliphatic rings. The molecule has 2 fully saturated rings. The highest BCUT2D eigenvalue weighted by atomic mass is 79.9. The summed E-state index contributed by atoms with van der Waals surface area (Å²) >= 11 is 3.97. The average molecular weight is 243 g/mol. The third-order valence-electron chi connectivity index (χ3n) is 3.81. The van der Waals surface area contributed by atoms with Gasteiger partial charge in [0.05, 0.1) is 0 Å². The van der Waals surface area contributed by atoms with Gasteiger partial charge in [0, 0.05) is 4.32 Å². The number of allylic oxidation sites excluding steroid dienone is 1. The van der Waals surface area contributed by atoms with E-state index in [0.29, 0.717) is 4.32 Å². The fourth-order valence-corrected chi connectivity index (χ4v) is 3.92. The molecular formula is C12H19Br. The SMILES string of the molecule is C=CCC1CC1(Br)C1CCCCC1. The van der Waals surface area contributed by atoms with Gasteiger partial charge in [0.15, 0.2) is 0 Å². The van der Waals surface area contributed by atoms with Crippen molar-refractivity contribution in [3.05, 3.63) is 12.7 Å². The van der Waals surface area contributed by atoms with Gasteiger partial charge in [0.25, 0.3) is 0 Å². The van der Waals surface area contributed by atoms with E-state index < -0.39 is 0 Å². The number of rotatable bonds is 3. The van der Waals surface area contributed by atoms with E-state index >= 15 is 0 Å². The topological polar surface area (TPSA) is 0 Å². The summed E-state index contributed by atoms with van der Waals surface area (Å²) in [5, 5.41) is 0. The quantitative estimate of drug-likeness (QED) is 0.512. The predicted molar refractivity (Wildman–Crippen MR) is 61.2 cm³/mol. The van der Waals surface area contributed by atoms with Gasteiger partial charge in [-0.15, -0.1) is 6.58 Å². The Morgan fingerprint density at radius 3 is 2.62 bits per heavy atom. The average Bonchev–Trinajstić information content (AvgIpc) is 2.81. The van der Waals surface area contributed by atoms with Crippen LogP contribution in [0.4, 0.5) is 0 Å². The van der Waals surface area contributed by atoms with Crippen molar-refractivity contribution in [2.45, 2.75) is 49.3 Å². The van der Waals surface area contributed by atoms with Crippen LogP contribution in [0.15, 0.2) is 12.7 Å². The van der Waals surface area contributed by atoms with Gasteiger partial charge >= 0.3 is 0 Å². The third-order valence-corrected chi connectivity index (χ3v) is 5.43. The number of halogens is 1. The molecule has 2 saturated carbocycles. The van der Waals surface area contributed by atoms with Crippen molar-refractivity contribution in [1.29, 1.82) is 0 Å². The molecule has 0 saturated heterocycles. The Morgan fingerprint density at radius 1 is 1.31 bits per heavy atom. The van der Waals surface area contributed by atoms with Gasteiger partial charge in [-0.05, 0) is 37.5 Å². The molecule has 1 heteroatoms. The van der Waals surface area contributed by atoms with Crippen LogP contribution in [-0.2, 0) is 0 Å². The molecule has 0 aliphatic heterocycles. The van der Waals surface area contributed by atoms with E-state index in [1.165, 1.54) is 44.9 Å². The van der Waals surface area contributed by atoms with E-state index in [1.807, 2.05) is 0 Å². The maximum atomic E-state index is 3.97. The van der Waals surface area contributed by atoms with Crippen molar-refractivity contribution < 1.29 is 0 Å². The van der Waals surface area contributed by atoms with Crippen molar-refractivity contribution in [2.75, 3.05) is 0 Å². The molecular weight excluding hydrogens is 224 g/mol. The number of hydrogen-bond acceptors (Lipinski definition) is 0. The summed E-state index contributed by atoms with van der Waals surface area (Å²) < 4.78 is 0.529. The zero-order valence-corrected chi connectivity index (χ0v) is 9.85. The van der Waals surface area contributed by atoms with Crippen LogP contribution in [0, 0.1) is 11.8 Å². The van der Waals surface area contributed by atoms with Gasteiger partial charge in [0.1, 0.15) is 0 Å². The van der Waals surface area contributed by atoms with Gasteiger partial charge < -0.3 is 0 Å². The Hall–Kier alpha value is 0.220. The summed E-state index contributed by atoms with van der Waals surface area (Å²) in [6, 6.07) is 0. The van der Waals surface area contributed by atoms with E-state index in [2.05, 4.69) is 28.6 Å². The molecule has 74 valence electrons. The highest BCUT2D eigenvalue weighted by Gasteiger charge is 2.55. The first-order valence-electron chi connectivity index (χ1n) is 5.57. The largest absolute Gasteiger partial charge is 0.103 e. The van der Waals surface area contributed by atoms with Crippen molar-refractivity contribution in [1.82, 2.24) is 0 Å². The van der Waals surface area contributed by atoms with Gasteiger partial charge in [-0.3, -0.25) is 0 Å². The molecule has 0 aromatic carbocycles. The first kappa shape index (κ1) is 9.76. The summed E-state index contributed by atoms with van der Waals surface area (Å²) in [5.74, 6) is 1.86. The van der Waals surface area contributed by atoms with E-state index in [9.17, 15) is 0 Å². The van der Waals surface area contributed by atoms with E-state index in [4.69, 9.17) is 0 Å². The first-order valence-corrected chi connectivity index (χ1v) is 6.36. The van der Waals surface area contributed by atoms with Gasteiger partial charge in [-0.1, -0.05) is 41.3 Å². The van der Waals surface area contributed by atoms with Gasteiger partial charge in [-0.25, -0.2) is 0 Å². The maximum Gasteiger partial charge on any atom is 0.0321 e. The zero-order chi connectivity index (χ0) is 9.31. The number of alkyl halides is 1. The molecule has 0 amide bonds. The number of hydrogen-bond donors (Lipinski definition) is 0. The van der Waals surface area contributed by atoms with Crippen LogP contribution < -0.4 is 0 Å². The smallest absolute Gasteiger partial charge is 0.0321 e. The lowest BCUT2D eigenvalue weighted by Gasteiger charge is -2.27. The molecule has 0 bridgehead atoms. The third kappa shape index (κ3) is 1.86. The Bertz CT molecular complexity index is 193. The summed E-state index contributed by atoms with van der Waals surface area (Å²) in [7, 11) is 0. The molecule has 13 heavy (non-hydrogen) atoms. The van der Waals surface area contributed by atoms with Crippen molar-refractivity contribution in [3.63, 3.8) is 0 Å². The lowest BCUT2D eigenvalue weighted by atomic mass is 9.84. The molecule has 0 spiro atoms. The van der Waals surface area contributed by atoms with E-state index in [1.54, 1.807) is 0 Å². The highest BCUT2D eigenvalue weighted by molar-refractivity contribution is 9.10. The van der Waals surface area contributed by atoms with E-state index in [0.717, 1.165) is 11.8 Å². The lowest BCUT2D eigenvalue weighted by molar-refractivity contribution is 0.333. The summed E-state index contributed by atoms with van der Waals surface area (Å²) in [6.07, 6.45) is 12.0. The van der Waals surface area contributed by atoms with Crippen molar-refractivity contribution in [3.8, 4) is 0 Å². The zero-order valence-electron chi connectivity index (χ0n) is 8.27. The van der Waals surface area contributed by atoms with Crippen LogP contribution in [0.1, 0.15) is 44.9 Å². The molecule has 0 nitrogen and oxygen atoms in total. The maximum absolute atomic E-state index is 3.97. The second-order valence-corrected chi connectivity index (χ2v) is 6.16. The Labute approximate surface area is 89.9 Å². The minimum absolute atomic E-state index is 0.529. The second kappa shape index (κ2) is 3.76. The van der Waals surface area contributed by atoms with Crippen LogP contribution >= 0.6 is 15.9 Å². The highest BCUT2D eigenvalue weighted by Crippen LogP contribution is 2.61. The van der Waals surface area contributed by atoms with Crippen LogP contribution in [0.3, 0.4) is 0 Å². The second-order valence-electron chi connectivity index (χ2n) is 4.69. The van der Waals surface area contributed by atoms with Crippen LogP contribution in [0.25, 0.3) is 0 Å². The molecule has 0 heterocycles. The van der Waals surface area contributed by atoms with E-state index in [-0.39, 0.29) is 0 Å². The Kier molecular flexibility index (Phi) is 2.83. The molecule has 2 aliphatic carbocycles. The molecule has 0 aromatic heterocycles. The summed E-state index contributed by atoms with van der Waals surface area (Å²) in [6.45, 7) is 3.83. The van der Waals surface area contributed by atoms with Gasteiger partial charge in [0.2, 0.25) is 0 Å². The monoisotopic (exact) mass is 242 g/mol. The van der Waals surface area contributed by atoms with Crippen LogP contribution in [0.5, 0.6) is 0 Å². The molecule has 0 aromatic rings. The first-order chi connectivity index (χ1) is 6.27. The summed E-state index contributed by atoms with van der Waals surface area (Å²) in [4.78, 5) is 0. The van der Waals surface area contributed by atoms with Crippen LogP contribution in [-0.4, -0.2) is 4.32 Å². The fraction of sp³-hybridized carbons (Fsp3) is 0.833. The molecule has 2 unspecified atom stereocenters. The molecule has 0 radical (unpaired) electrons. The fourth-order valence-electron chi connectivity index (χ4n) is 2.88. The van der Waals surface area contributed by atoms with Crippen LogP contribution in [0.2, 0.25) is 0 Å². The predicted octanol–water partition coefficient (Wildman–Crippen LogP) is 4.30. The molecule has 0 N–H and O–H groups in total. The van der Waals surface area contributed by atoms with Crippen molar-refractivity contribution in [2.24, 2.45) is 11.8 Å². The normalized spacial score (nSPS) is 40.2. The Morgan fingerprint density at radius 2 is 2.00 bits per heavy atom. The minimum Gasteiger partial charge on any atom is -0.103 e.